The van der Waals surface area contributed by atoms with Crippen LogP contribution in [0.1, 0.15) is 59.5 Å². The van der Waals surface area contributed by atoms with Crippen LogP contribution < -0.4 is 20.1 Å². The quantitative estimate of drug-likeness (QED) is 0.125. The van der Waals surface area contributed by atoms with Crippen molar-refractivity contribution < 1.29 is 19.1 Å². The fourth-order valence-electron chi connectivity index (χ4n) is 6.81. The monoisotopic (exact) mass is 712 g/mol. The van der Waals surface area contributed by atoms with E-state index in [-0.39, 0.29) is 17.9 Å². The number of likely N-dealkylation sites (N-methyl/N-ethyl adjacent to an activating group) is 1. The highest BCUT2D eigenvalue weighted by molar-refractivity contribution is 6.04. The van der Waals surface area contributed by atoms with E-state index in [1.54, 1.807) is 49.8 Å². The summed E-state index contributed by atoms with van der Waals surface area (Å²) in [5, 5.41) is 12.3. The molecule has 2 saturated carbocycles. The molecular weight excluding hydrogens is 669 g/mol. The molecule has 2 amide bonds. The molecule has 53 heavy (non-hydrogen) atoms. The molecule has 12 nitrogen and oxygen atoms in total. The number of benzene rings is 2. The molecule has 8 rings (SSSR count). The van der Waals surface area contributed by atoms with Crippen LogP contribution in [0.2, 0.25) is 0 Å². The van der Waals surface area contributed by atoms with E-state index in [1.165, 1.54) is 31.2 Å². The van der Waals surface area contributed by atoms with Crippen molar-refractivity contribution in [2.75, 3.05) is 44.4 Å². The highest BCUT2D eigenvalue weighted by atomic mass is 16.5. The number of amides is 2. The molecule has 3 fully saturated rings. The molecule has 0 radical (unpaired) electrons. The van der Waals surface area contributed by atoms with Crippen LogP contribution in [0.4, 0.5) is 11.6 Å². The van der Waals surface area contributed by atoms with Gasteiger partial charge in [0.05, 0.1) is 13.7 Å². The van der Waals surface area contributed by atoms with Crippen molar-refractivity contribution in [2.24, 2.45) is 0 Å². The number of rotatable bonds is 14. The van der Waals surface area contributed by atoms with Crippen LogP contribution in [0.5, 0.6) is 17.2 Å². The molecule has 1 aliphatic heterocycles. The third kappa shape index (κ3) is 8.18. The second kappa shape index (κ2) is 15.1. The predicted molar refractivity (Wildman–Crippen MR) is 204 cm³/mol. The molecule has 2 aromatic carbocycles. The van der Waals surface area contributed by atoms with Crippen LogP contribution >= 0.6 is 0 Å². The van der Waals surface area contributed by atoms with Gasteiger partial charge in [0.1, 0.15) is 28.5 Å². The van der Waals surface area contributed by atoms with Crippen LogP contribution in [-0.2, 0) is 11.3 Å². The standard InChI is InChI=1S/C41H44N8O4/c1-47(32-11-12-32)22-3-4-37(50)48-23-19-31(26-48)44-39-38-35(18-21-43-40(38)49(46-39)25-27-5-13-33(52-2)14-6-27)53-34-15-9-29(10-16-34)41(51)45-36-24-30(17-20-42-36)28-7-8-28/h3-6,9-10,13-18,20-21,24,28,31-32H,7-8,11-12,19,22-23,25-26H2,1-2H3,(H,44,46)(H,42,45,51)/b4-3+/t31-/m1/s1. The first-order chi connectivity index (χ1) is 25.9. The summed E-state index contributed by atoms with van der Waals surface area (Å²) in [5.74, 6) is 3.47. The third-order valence-electron chi connectivity index (χ3n) is 10.2. The van der Waals surface area contributed by atoms with Gasteiger partial charge in [-0.1, -0.05) is 18.2 Å². The van der Waals surface area contributed by atoms with Gasteiger partial charge in [-0.15, -0.1) is 0 Å². The highest BCUT2D eigenvalue weighted by Crippen LogP contribution is 2.40. The number of pyridine rings is 2. The Bertz CT molecular complexity index is 2120. The van der Waals surface area contributed by atoms with E-state index >= 15 is 0 Å². The lowest BCUT2D eigenvalue weighted by molar-refractivity contribution is -0.125. The SMILES string of the molecule is COc1ccc(Cn2nc(N[C@@H]3CCN(C(=O)/C=C/CN(C)C4CC4)C3)c3c(Oc4ccc(C(=O)Nc5cc(C6CC6)ccn5)cc4)ccnc32)cc1. The summed E-state index contributed by atoms with van der Waals surface area (Å²) in [7, 11) is 3.75. The molecule has 0 bridgehead atoms. The Morgan fingerprint density at radius 1 is 0.943 bits per heavy atom. The molecule has 12 heteroatoms. The molecule has 0 spiro atoms. The van der Waals surface area contributed by atoms with E-state index in [9.17, 15) is 9.59 Å². The van der Waals surface area contributed by atoms with Gasteiger partial charge in [0.15, 0.2) is 11.5 Å². The van der Waals surface area contributed by atoms with Crippen molar-refractivity contribution in [3.63, 3.8) is 0 Å². The normalized spacial score (nSPS) is 17.1. The van der Waals surface area contributed by atoms with Gasteiger partial charge in [-0.05, 0) is 105 Å². The average Bonchev–Trinajstić information content (AvgIpc) is 4.12. The second-order valence-electron chi connectivity index (χ2n) is 14.2. The fraction of sp³-hybridized carbons (Fsp3) is 0.341. The van der Waals surface area contributed by atoms with Crippen LogP contribution in [0, 0.1) is 0 Å². The summed E-state index contributed by atoms with van der Waals surface area (Å²) >= 11 is 0. The predicted octanol–water partition coefficient (Wildman–Crippen LogP) is 6.47. The van der Waals surface area contributed by atoms with Gasteiger partial charge in [-0.25, -0.2) is 14.6 Å². The summed E-state index contributed by atoms with van der Waals surface area (Å²) in [6, 6.07) is 21.3. The number of carbonyl (C=O) groups excluding carboxylic acids is 2. The Morgan fingerprint density at radius 2 is 1.72 bits per heavy atom. The number of ether oxygens (including phenoxy) is 2. The van der Waals surface area contributed by atoms with Gasteiger partial charge in [0.2, 0.25) is 5.91 Å². The maximum Gasteiger partial charge on any atom is 0.256 e. The molecule has 1 saturated heterocycles. The first kappa shape index (κ1) is 34.3. The molecule has 5 aromatic rings. The smallest absolute Gasteiger partial charge is 0.256 e. The summed E-state index contributed by atoms with van der Waals surface area (Å²) in [5.41, 5.74) is 3.40. The Hall–Kier alpha value is -5.75. The Kier molecular flexibility index (Phi) is 9.77. The highest BCUT2D eigenvalue weighted by Gasteiger charge is 2.29. The van der Waals surface area contributed by atoms with Crippen LogP contribution in [0.3, 0.4) is 0 Å². The zero-order valence-electron chi connectivity index (χ0n) is 30.1. The van der Waals surface area contributed by atoms with E-state index in [2.05, 4.69) is 27.6 Å². The average molecular weight is 713 g/mol. The van der Waals surface area contributed by atoms with Gasteiger partial charge >= 0.3 is 0 Å². The largest absolute Gasteiger partial charge is 0.497 e. The summed E-state index contributed by atoms with van der Waals surface area (Å²) < 4.78 is 13.7. The van der Waals surface area contributed by atoms with Gasteiger partial charge in [0, 0.05) is 61.8 Å². The molecule has 1 atom stereocenters. The molecule has 3 aromatic heterocycles. The molecule has 2 aliphatic carbocycles. The maximum atomic E-state index is 13.1. The first-order valence-corrected chi connectivity index (χ1v) is 18.4. The molecular formula is C41H44N8O4. The van der Waals surface area contributed by atoms with E-state index in [0.29, 0.717) is 65.9 Å². The van der Waals surface area contributed by atoms with Crippen molar-refractivity contribution in [3.8, 4) is 17.2 Å². The van der Waals surface area contributed by atoms with Gasteiger partial charge in [-0.3, -0.25) is 14.5 Å². The minimum atomic E-state index is -0.236. The van der Waals surface area contributed by atoms with Crippen molar-refractivity contribution in [1.82, 2.24) is 29.5 Å². The minimum absolute atomic E-state index is 0.000616. The van der Waals surface area contributed by atoms with Crippen molar-refractivity contribution in [3.05, 3.63) is 108 Å². The van der Waals surface area contributed by atoms with E-state index in [0.717, 1.165) is 29.7 Å². The lowest BCUT2D eigenvalue weighted by Gasteiger charge is -2.16. The van der Waals surface area contributed by atoms with Crippen LogP contribution in [0.25, 0.3) is 11.0 Å². The number of aromatic nitrogens is 4. The second-order valence-corrected chi connectivity index (χ2v) is 14.2. The number of carbonyl (C=O) groups is 2. The molecule has 3 aliphatic rings. The van der Waals surface area contributed by atoms with Crippen molar-refractivity contribution in [1.29, 1.82) is 0 Å². The zero-order chi connectivity index (χ0) is 36.3. The maximum absolute atomic E-state index is 13.1. The molecule has 272 valence electrons. The number of hydrogen-bond donors (Lipinski definition) is 2. The Labute approximate surface area is 308 Å². The number of fused-ring (bicyclic) bond motifs is 1. The van der Waals surface area contributed by atoms with E-state index in [4.69, 9.17) is 19.6 Å². The molecule has 2 N–H and O–H groups in total. The Balaban J connectivity index is 1.000. The van der Waals surface area contributed by atoms with Crippen molar-refractivity contribution in [2.45, 2.75) is 56.7 Å². The Morgan fingerprint density at radius 3 is 2.47 bits per heavy atom. The lowest BCUT2D eigenvalue weighted by Crippen LogP contribution is -2.30. The first-order valence-electron chi connectivity index (χ1n) is 18.4. The summed E-state index contributed by atoms with van der Waals surface area (Å²) in [6.07, 6.45) is 12.8. The van der Waals surface area contributed by atoms with Crippen LogP contribution in [0.15, 0.2) is 91.3 Å². The molecule has 0 unspecified atom stereocenters. The molecule has 4 heterocycles. The number of hydrogen-bond acceptors (Lipinski definition) is 9. The number of anilines is 2. The summed E-state index contributed by atoms with van der Waals surface area (Å²) in [6.45, 7) is 2.49. The van der Waals surface area contributed by atoms with E-state index < -0.39 is 0 Å². The minimum Gasteiger partial charge on any atom is -0.497 e. The summed E-state index contributed by atoms with van der Waals surface area (Å²) in [4.78, 5) is 39.3. The van der Waals surface area contributed by atoms with Gasteiger partial charge < -0.3 is 25.0 Å². The van der Waals surface area contributed by atoms with Crippen molar-refractivity contribution >= 4 is 34.5 Å². The third-order valence-corrected chi connectivity index (χ3v) is 10.2. The van der Waals surface area contributed by atoms with Crippen LogP contribution in [-0.4, -0.2) is 87.2 Å². The zero-order valence-corrected chi connectivity index (χ0v) is 30.1. The number of nitrogens with zero attached hydrogens (tertiary/aromatic N) is 6. The van der Waals surface area contributed by atoms with Gasteiger partial charge in [-0.2, -0.15) is 5.10 Å². The van der Waals surface area contributed by atoms with E-state index in [1.807, 2.05) is 58.1 Å². The number of methoxy groups -OCH3 is 1. The number of nitrogens with one attached hydrogen (secondary N) is 2. The fourth-order valence-corrected chi connectivity index (χ4v) is 6.81. The van der Waals surface area contributed by atoms with Gasteiger partial charge in [0.25, 0.3) is 5.91 Å². The number of likely N-dealkylation sites (tertiary alicyclic amines) is 1. The lowest BCUT2D eigenvalue weighted by atomic mass is 10.1. The topological polar surface area (TPSA) is 127 Å².